The molecule has 0 aromatic heterocycles. The number of amides is 1. The fourth-order valence-corrected chi connectivity index (χ4v) is 1.18. The lowest BCUT2D eigenvalue weighted by atomic mass is 10.5. The van der Waals surface area contributed by atoms with E-state index in [1.165, 1.54) is 11.8 Å². The summed E-state index contributed by atoms with van der Waals surface area (Å²) >= 11 is 1.43. The Balaban J connectivity index is 3.12. The summed E-state index contributed by atoms with van der Waals surface area (Å²) in [6, 6.07) is 0. The monoisotopic (exact) mass is 163 g/mol. The number of nitrogens with one attached hydrogen (secondary N) is 1. The molecule has 0 saturated heterocycles. The SMILES string of the molecule is CNC(=O)CSC[C@H](C)O. The van der Waals surface area contributed by atoms with Crippen LogP contribution in [-0.2, 0) is 4.79 Å². The fourth-order valence-electron chi connectivity index (χ4n) is 0.394. The van der Waals surface area contributed by atoms with Crippen LogP contribution in [0, 0.1) is 0 Å². The Bertz CT molecular complexity index is 106. The Morgan fingerprint density at radius 3 is 2.80 bits per heavy atom. The summed E-state index contributed by atoms with van der Waals surface area (Å²) in [5.41, 5.74) is 0. The highest BCUT2D eigenvalue weighted by atomic mass is 32.2. The molecule has 0 unspecified atom stereocenters. The molecule has 0 radical (unpaired) electrons. The molecule has 0 aromatic carbocycles. The maximum Gasteiger partial charge on any atom is 0.229 e. The van der Waals surface area contributed by atoms with Gasteiger partial charge in [0.1, 0.15) is 0 Å². The molecule has 1 amide bonds. The Morgan fingerprint density at radius 2 is 2.40 bits per heavy atom. The van der Waals surface area contributed by atoms with E-state index >= 15 is 0 Å². The second-order valence-corrected chi connectivity index (χ2v) is 3.07. The minimum Gasteiger partial charge on any atom is -0.393 e. The second kappa shape index (κ2) is 5.56. The van der Waals surface area contributed by atoms with E-state index in [1.54, 1.807) is 14.0 Å². The zero-order valence-electron chi connectivity index (χ0n) is 6.26. The molecule has 0 aliphatic carbocycles. The van der Waals surface area contributed by atoms with E-state index in [2.05, 4.69) is 5.32 Å². The zero-order valence-corrected chi connectivity index (χ0v) is 7.07. The molecule has 0 heterocycles. The van der Waals surface area contributed by atoms with Gasteiger partial charge in [0.05, 0.1) is 11.9 Å². The first-order valence-electron chi connectivity index (χ1n) is 3.13. The molecule has 0 rings (SSSR count). The smallest absolute Gasteiger partial charge is 0.229 e. The number of aliphatic hydroxyl groups excluding tert-OH is 1. The summed E-state index contributed by atoms with van der Waals surface area (Å²) in [6.07, 6.45) is -0.324. The highest BCUT2D eigenvalue weighted by Gasteiger charge is 1.99. The largest absolute Gasteiger partial charge is 0.393 e. The number of thioether (sulfide) groups is 1. The number of carbonyl (C=O) groups is 1. The summed E-state index contributed by atoms with van der Waals surface area (Å²) in [5.74, 6) is 1.06. The molecule has 0 aliphatic rings. The van der Waals surface area contributed by atoms with E-state index in [0.29, 0.717) is 11.5 Å². The Morgan fingerprint density at radius 1 is 1.80 bits per heavy atom. The Labute approximate surface area is 65.2 Å². The van der Waals surface area contributed by atoms with Crippen LogP contribution in [0.4, 0.5) is 0 Å². The highest BCUT2D eigenvalue weighted by molar-refractivity contribution is 7.99. The third-order valence-electron chi connectivity index (χ3n) is 0.871. The standard InChI is InChI=1S/C6H13NO2S/c1-5(8)3-10-4-6(9)7-2/h5,8H,3-4H2,1-2H3,(H,7,9)/t5-/m0/s1. The quantitative estimate of drug-likeness (QED) is 0.606. The van der Waals surface area contributed by atoms with Crippen molar-refractivity contribution in [1.29, 1.82) is 0 Å². The van der Waals surface area contributed by atoms with Gasteiger partial charge in [0.15, 0.2) is 0 Å². The number of rotatable bonds is 4. The van der Waals surface area contributed by atoms with Crippen molar-refractivity contribution in [3.8, 4) is 0 Å². The average molecular weight is 163 g/mol. The van der Waals surface area contributed by atoms with Crippen LogP contribution in [0.15, 0.2) is 0 Å². The van der Waals surface area contributed by atoms with Crippen LogP contribution in [0.3, 0.4) is 0 Å². The van der Waals surface area contributed by atoms with Gasteiger partial charge in [0.25, 0.3) is 0 Å². The maximum atomic E-state index is 10.6. The van der Waals surface area contributed by atoms with E-state index in [4.69, 9.17) is 5.11 Å². The van der Waals surface area contributed by atoms with Crippen molar-refractivity contribution >= 4 is 17.7 Å². The summed E-state index contributed by atoms with van der Waals surface area (Å²) in [6.45, 7) is 1.71. The first-order valence-corrected chi connectivity index (χ1v) is 4.28. The molecule has 1 atom stereocenters. The van der Waals surface area contributed by atoms with E-state index < -0.39 is 0 Å². The van der Waals surface area contributed by atoms with Crippen molar-refractivity contribution in [2.24, 2.45) is 0 Å². The van der Waals surface area contributed by atoms with Crippen LogP contribution in [0.5, 0.6) is 0 Å². The van der Waals surface area contributed by atoms with Gasteiger partial charge >= 0.3 is 0 Å². The molecular weight excluding hydrogens is 150 g/mol. The number of carbonyl (C=O) groups excluding carboxylic acids is 1. The lowest BCUT2D eigenvalue weighted by molar-refractivity contribution is -0.118. The first-order chi connectivity index (χ1) is 4.66. The fraction of sp³-hybridized carbons (Fsp3) is 0.833. The normalized spacial score (nSPS) is 12.7. The summed E-state index contributed by atoms with van der Waals surface area (Å²) in [7, 11) is 1.60. The molecule has 3 nitrogen and oxygen atoms in total. The minimum atomic E-state index is -0.324. The third kappa shape index (κ3) is 5.91. The van der Waals surface area contributed by atoms with Gasteiger partial charge in [0.2, 0.25) is 5.91 Å². The van der Waals surface area contributed by atoms with E-state index in [1.807, 2.05) is 0 Å². The molecule has 10 heavy (non-hydrogen) atoms. The molecule has 4 heteroatoms. The summed E-state index contributed by atoms with van der Waals surface area (Å²) in [5, 5.41) is 11.3. The molecule has 60 valence electrons. The van der Waals surface area contributed by atoms with Crippen LogP contribution in [0.1, 0.15) is 6.92 Å². The predicted molar refractivity (Wildman–Crippen MR) is 43.1 cm³/mol. The Hall–Kier alpha value is -0.220. The number of hydrogen-bond donors (Lipinski definition) is 2. The molecule has 0 spiro atoms. The van der Waals surface area contributed by atoms with Gasteiger partial charge in [-0.3, -0.25) is 4.79 Å². The van der Waals surface area contributed by atoms with Gasteiger partial charge in [-0.2, -0.15) is 0 Å². The molecule has 0 aromatic rings. The lowest BCUT2D eigenvalue weighted by Gasteiger charge is -2.01. The van der Waals surface area contributed by atoms with Crippen LogP contribution in [0.25, 0.3) is 0 Å². The van der Waals surface area contributed by atoms with Crippen molar-refractivity contribution in [2.75, 3.05) is 18.6 Å². The van der Waals surface area contributed by atoms with Crippen molar-refractivity contribution in [2.45, 2.75) is 13.0 Å². The van der Waals surface area contributed by atoms with Crippen LogP contribution >= 0.6 is 11.8 Å². The molecule has 0 bridgehead atoms. The van der Waals surface area contributed by atoms with Crippen LogP contribution < -0.4 is 5.32 Å². The summed E-state index contributed by atoms with van der Waals surface area (Å²) in [4.78, 5) is 10.6. The Kier molecular flexibility index (Phi) is 5.43. The highest BCUT2D eigenvalue weighted by Crippen LogP contribution is 2.00. The molecule has 0 fully saturated rings. The topological polar surface area (TPSA) is 49.3 Å². The van der Waals surface area contributed by atoms with Crippen molar-refractivity contribution < 1.29 is 9.90 Å². The van der Waals surface area contributed by atoms with Crippen molar-refractivity contribution in [3.05, 3.63) is 0 Å². The van der Waals surface area contributed by atoms with Crippen LogP contribution in [0.2, 0.25) is 0 Å². The zero-order chi connectivity index (χ0) is 7.98. The van der Waals surface area contributed by atoms with Crippen LogP contribution in [-0.4, -0.2) is 35.7 Å². The van der Waals surface area contributed by atoms with E-state index in [0.717, 1.165) is 0 Å². The van der Waals surface area contributed by atoms with Gasteiger partial charge in [-0.25, -0.2) is 0 Å². The van der Waals surface area contributed by atoms with Gasteiger partial charge < -0.3 is 10.4 Å². The average Bonchev–Trinajstić information content (AvgIpc) is 1.87. The predicted octanol–water partition coefficient (Wildman–Crippen LogP) is -0.154. The third-order valence-corrected chi connectivity index (χ3v) is 2.06. The van der Waals surface area contributed by atoms with Crippen molar-refractivity contribution in [1.82, 2.24) is 5.32 Å². The minimum absolute atomic E-state index is 0.00523. The molecule has 2 N–H and O–H groups in total. The number of aliphatic hydroxyl groups is 1. The lowest BCUT2D eigenvalue weighted by Crippen LogP contribution is -2.20. The molecule has 0 aliphatic heterocycles. The van der Waals surface area contributed by atoms with Crippen molar-refractivity contribution in [3.63, 3.8) is 0 Å². The first kappa shape index (κ1) is 9.78. The molecule has 0 saturated carbocycles. The van der Waals surface area contributed by atoms with Gasteiger partial charge in [0, 0.05) is 12.8 Å². The van der Waals surface area contributed by atoms with E-state index in [-0.39, 0.29) is 12.0 Å². The summed E-state index contributed by atoms with van der Waals surface area (Å²) < 4.78 is 0. The van der Waals surface area contributed by atoms with E-state index in [9.17, 15) is 4.79 Å². The maximum absolute atomic E-state index is 10.6. The van der Waals surface area contributed by atoms with Gasteiger partial charge in [-0.05, 0) is 6.92 Å². The van der Waals surface area contributed by atoms with Gasteiger partial charge in [-0.1, -0.05) is 0 Å². The number of hydrogen-bond acceptors (Lipinski definition) is 3. The second-order valence-electron chi connectivity index (χ2n) is 2.04. The van der Waals surface area contributed by atoms with Gasteiger partial charge in [-0.15, -0.1) is 11.8 Å². The molecular formula is C6H13NO2S.